The topological polar surface area (TPSA) is 12.9 Å². The summed E-state index contributed by atoms with van der Waals surface area (Å²) >= 11 is 0. The van der Waals surface area contributed by atoms with Crippen molar-refractivity contribution in [3.8, 4) is 0 Å². The van der Waals surface area contributed by atoms with Gasteiger partial charge >= 0.3 is 0 Å². The van der Waals surface area contributed by atoms with Crippen LogP contribution in [0, 0.1) is 0 Å². The quantitative estimate of drug-likeness (QED) is 0.722. The van der Waals surface area contributed by atoms with E-state index in [9.17, 15) is 0 Å². The molecule has 15 heavy (non-hydrogen) atoms. The van der Waals surface area contributed by atoms with Crippen LogP contribution in [0.25, 0.3) is 0 Å². The lowest BCUT2D eigenvalue weighted by Crippen LogP contribution is -2.02. The van der Waals surface area contributed by atoms with Crippen LogP contribution in [0.4, 0.5) is 0 Å². The second kappa shape index (κ2) is 4.34. The Labute approximate surface area is 92.9 Å². The highest BCUT2D eigenvalue weighted by atomic mass is 14.7. The number of fused-ring (bicyclic) bond motifs is 1. The zero-order chi connectivity index (χ0) is 10.8. The number of hydrogen-bond donors (Lipinski definition) is 0. The summed E-state index contributed by atoms with van der Waals surface area (Å²) in [6, 6.07) is 2.24. The van der Waals surface area contributed by atoms with Crippen LogP contribution in [-0.4, -0.2) is 4.98 Å². The third-order valence-corrected chi connectivity index (χ3v) is 3.84. The molecule has 1 aromatic heterocycles. The number of rotatable bonds is 3. The van der Waals surface area contributed by atoms with E-state index in [-0.39, 0.29) is 0 Å². The molecule has 1 unspecified atom stereocenters. The van der Waals surface area contributed by atoms with Gasteiger partial charge in [0.05, 0.1) is 0 Å². The highest BCUT2D eigenvalue weighted by molar-refractivity contribution is 5.38. The van der Waals surface area contributed by atoms with E-state index < -0.39 is 0 Å². The lowest BCUT2D eigenvalue weighted by atomic mass is 9.90. The summed E-state index contributed by atoms with van der Waals surface area (Å²) in [6.45, 7) is 6.88. The van der Waals surface area contributed by atoms with E-state index in [2.05, 4.69) is 31.8 Å². The van der Waals surface area contributed by atoms with Crippen LogP contribution >= 0.6 is 0 Å². The maximum absolute atomic E-state index is 4.55. The number of pyridine rings is 1. The van der Waals surface area contributed by atoms with Gasteiger partial charge in [-0.25, -0.2) is 0 Å². The molecule has 0 aliphatic heterocycles. The predicted molar refractivity (Wildman–Crippen MR) is 64.3 cm³/mol. The Hall–Kier alpha value is -0.850. The van der Waals surface area contributed by atoms with Crippen molar-refractivity contribution in [2.45, 2.75) is 58.3 Å². The molecule has 0 aromatic carbocycles. The van der Waals surface area contributed by atoms with Crippen molar-refractivity contribution in [2.24, 2.45) is 0 Å². The highest BCUT2D eigenvalue weighted by Crippen LogP contribution is 2.37. The Morgan fingerprint density at radius 3 is 2.80 bits per heavy atom. The molecular weight excluding hydrogens is 182 g/mol. The first-order chi connectivity index (χ1) is 7.27. The fourth-order valence-corrected chi connectivity index (χ4v) is 2.83. The Balaban J connectivity index is 2.41. The van der Waals surface area contributed by atoms with Crippen molar-refractivity contribution in [3.63, 3.8) is 0 Å². The molecule has 1 heteroatoms. The van der Waals surface area contributed by atoms with Gasteiger partial charge in [0.1, 0.15) is 0 Å². The van der Waals surface area contributed by atoms with Crippen molar-refractivity contribution in [3.05, 3.63) is 29.1 Å². The van der Waals surface area contributed by atoms with E-state index in [0.717, 1.165) is 5.92 Å². The molecule has 1 aliphatic carbocycles. The first-order valence-corrected chi connectivity index (χ1v) is 6.25. The van der Waals surface area contributed by atoms with Crippen LogP contribution in [-0.2, 0) is 6.42 Å². The standard InChI is InChI=1S/C14H21N/c1-4-11(5-2)12-8-9-15-14-10(3)6-7-13(12)14/h8-11H,4-7H2,1-3H3. The minimum Gasteiger partial charge on any atom is -0.261 e. The van der Waals surface area contributed by atoms with Gasteiger partial charge in [-0.3, -0.25) is 4.98 Å². The normalized spacial score (nSPS) is 19.6. The summed E-state index contributed by atoms with van der Waals surface area (Å²) in [5, 5.41) is 0. The van der Waals surface area contributed by atoms with Crippen LogP contribution < -0.4 is 0 Å². The minimum atomic E-state index is 0.675. The van der Waals surface area contributed by atoms with Gasteiger partial charge in [0.2, 0.25) is 0 Å². The van der Waals surface area contributed by atoms with Gasteiger partial charge in [0.25, 0.3) is 0 Å². The summed E-state index contributed by atoms with van der Waals surface area (Å²) in [4.78, 5) is 4.55. The van der Waals surface area contributed by atoms with E-state index in [1.807, 2.05) is 6.20 Å². The Morgan fingerprint density at radius 2 is 2.13 bits per heavy atom. The number of hydrogen-bond acceptors (Lipinski definition) is 1. The summed E-state index contributed by atoms with van der Waals surface area (Å²) in [5.74, 6) is 1.42. The maximum Gasteiger partial charge on any atom is 0.0466 e. The monoisotopic (exact) mass is 203 g/mol. The van der Waals surface area contributed by atoms with Gasteiger partial charge in [-0.05, 0) is 54.7 Å². The molecule has 0 N–H and O–H groups in total. The van der Waals surface area contributed by atoms with Crippen molar-refractivity contribution in [1.29, 1.82) is 0 Å². The molecule has 1 aliphatic rings. The maximum atomic E-state index is 4.55. The molecule has 0 saturated carbocycles. The number of nitrogens with zero attached hydrogens (tertiary/aromatic N) is 1. The third-order valence-electron chi connectivity index (χ3n) is 3.84. The molecule has 0 spiro atoms. The lowest BCUT2D eigenvalue weighted by molar-refractivity contribution is 0.634. The Morgan fingerprint density at radius 1 is 1.40 bits per heavy atom. The van der Waals surface area contributed by atoms with Crippen molar-refractivity contribution >= 4 is 0 Å². The minimum absolute atomic E-state index is 0.675. The largest absolute Gasteiger partial charge is 0.261 e. The zero-order valence-electron chi connectivity index (χ0n) is 10.1. The van der Waals surface area contributed by atoms with Gasteiger partial charge in [-0.2, -0.15) is 0 Å². The van der Waals surface area contributed by atoms with Gasteiger partial charge in [-0.1, -0.05) is 20.8 Å². The average molecular weight is 203 g/mol. The second-order valence-electron chi connectivity index (χ2n) is 4.72. The molecular formula is C14H21N. The first kappa shape index (κ1) is 10.7. The van der Waals surface area contributed by atoms with Crippen LogP contribution in [0.3, 0.4) is 0 Å². The molecule has 1 nitrogen and oxygen atoms in total. The molecule has 0 fully saturated rings. The SMILES string of the molecule is CCC(CC)c1ccnc2c1CCC2C. The van der Waals surface area contributed by atoms with Crippen LogP contribution in [0.15, 0.2) is 12.3 Å². The molecule has 1 heterocycles. The first-order valence-electron chi connectivity index (χ1n) is 6.25. The smallest absolute Gasteiger partial charge is 0.0466 e. The van der Waals surface area contributed by atoms with Crippen LogP contribution in [0.5, 0.6) is 0 Å². The fourth-order valence-electron chi connectivity index (χ4n) is 2.83. The summed E-state index contributed by atoms with van der Waals surface area (Å²) in [7, 11) is 0. The molecule has 1 atom stereocenters. The molecule has 0 bridgehead atoms. The van der Waals surface area contributed by atoms with E-state index >= 15 is 0 Å². The summed E-state index contributed by atoms with van der Waals surface area (Å²) in [6.07, 6.45) is 7.05. The van der Waals surface area contributed by atoms with Gasteiger partial charge < -0.3 is 0 Å². The third kappa shape index (κ3) is 1.80. The van der Waals surface area contributed by atoms with E-state index in [1.54, 1.807) is 11.1 Å². The zero-order valence-corrected chi connectivity index (χ0v) is 10.1. The van der Waals surface area contributed by atoms with Gasteiger partial charge in [0, 0.05) is 11.9 Å². The molecule has 82 valence electrons. The van der Waals surface area contributed by atoms with E-state index in [0.29, 0.717) is 5.92 Å². The Bertz CT molecular complexity index is 339. The Kier molecular flexibility index (Phi) is 3.08. The highest BCUT2D eigenvalue weighted by Gasteiger charge is 2.24. The van der Waals surface area contributed by atoms with Crippen molar-refractivity contribution < 1.29 is 0 Å². The van der Waals surface area contributed by atoms with Gasteiger partial charge in [-0.15, -0.1) is 0 Å². The fraction of sp³-hybridized carbons (Fsp3) is 0.643. The van der Waals surface area contributed by atoms with E-state index in [4.69, 9.17) is 0 Å². The molecule has 0 saturated heterocycles. The average Bonchev–Trinajstić information content (AvgIpc) is 2.64. The summed E-state index contributed by atoms with van der Waals surface area (Å²) in [5.41, 5.74) is 4.52. The molecule has 0 radical (unpaired) electrons. The van der Waals surface area contributed by atoms with Crippen LogP contribution in [0.1, 0.15) is 68.7 Å². The summed E-state index contributed by atoms with van der Waals surface area (Å²) < 4.78 is 0. The molecule has 0 amide bonds. The lowest BCUT2D eigenvalue weighted by Gasteiger charge is -2.16. The van der Waals surface area contributed by atoms with Crippen molar-refractivity contribution in [2.75, 3.05) is 0 Å². The second-order valence-corrected chi connectivity index (χ2v) is 4.72. The van der Waals surface area contributed by atoms with E-state index in [1.165, 1.54) is 31.4 Å². The predicted octanol–water partition coefficient (Wildman–Crippen LogP) is 4.03. The number of aromatic nitrogens is 1. The molecule has 2 rings (SSSR count). The van der Waals surface area contributed by atoms with Crippen LogP contribution in [0.2, 0.25) is 0 Å². The van der Waals surface area contributed by atoms with Crippen molar-refractivity contribution in [1.82, 2.24) is 4.98 Å². The molecule has 1 aromatic rings. The van der Waals surface area contributed by atoms with Gasteiger partial charge in [0.15, 0.2) is 0 Å².